The molecule has 4 aromatic heterocycles. The van der Waals surface area contributed by atoms with Crippen LogP contribution in [0.15, 0.2) is 96.3 Å². The highest BCUT2D eigenvalue weighted by molar-refractivity contribution is 5.98. The van der Waals surface area contributed by atoms with E-state index in [-0.39, 0.29) is 23.8 Å². The van der Waals surface area contributed by atoms with Crippen LogP contribution in [0.4, 0.5) is 8.78 Å². The van der Waals surface area contributed by atoms with Gasteiger partial charge in [0.25, 0.3) is 0 Å². The van der Waals surface area contributed by atoms with E-state index >= 15 is 4.39 Å². The van der Waals surface area contributed by atoms with Gasteiger partial charge in [-0.05, 0) is 75.2 Å². The van der Waals surface area contributed by atoms with Crippen LogP contribution in [0, 0.1) is 25.5 Å². The van der Waals surface area contributed by atoms with Crippen molar-refractivity contribution in [3.05, 3.63) is 136 Å². The maximum Gasteiger partial charge on any atom is 0.200 e. The molecule has 0 unspecified atom stereocenters. The van der Waals surface area contributed by atoms with E-state index in [1.54, 1.807) is 43.8 Å². The van der Waals surface area contributed by atoms with Crippen LogP contribution in [0.3, 0.4) is 0 Å². The van der Waals surface area contributed by atoms with E-state index in [1.165, 1.54) is 36.4 Å². The highest BCUT2D eigenvalue weighted by Crippen LogP contribution is 2.33. The molecule has 2 aromatic carbocycles. The van der Waals surface area contributed by atoms with Gasteiger partial charge in [0, 0.05) is 71.4 Å². The van der Waals surface area contributed by atoms with Gasteiger partial charge < -0.3 is 9.30 Å². The molecule has 0 amide bonds. The van der Waals surface area contributed by atoms with Crippen molar-refractivity contribution < 1.29 is 18.3 Å². The molecule has 0 spiro atoms. The van der Waals surface area contributed by atoms with E-state index in [9.17, 15) is 14.0 Å². The third-order valence-corrected chi connectivity index (χ3v) is 7.90. The summed E-state index contributed by atoms with van der Waals surface area (Å²) in [6.07, 6.45) is 6.37. The molecule has 4 heterocycles. The van der Waals surface area contributed by atoms with Gasteiger partial charge in [0.1, 0.15) is 11.3 Å². The SMILES string of the molecule is Cc1nc2c(Oc3ccc(CC(=O)c4cn(C(C)C)c(C)c(-c5ccc(F)cc5)c4=O)cc3F)ccnc2cc1-c1cccnc1. The van der Waals surface area contributed by atoms with Gasteiger partial charge in [-0.3, -0.25) is 19.6 Å². The summed E-state index contributed by atoms with van der Waals surface area (Å²) in [7, 11) is 0. The molecule has 9 heteroatoms. The number of hydrogen-bond acceptors (Lipinski definition) is 6. The Hall–Kier alpha value is -5.57. The second-order valence-corrected chi connectivity index (χ2v) is 11.3. The first kappa shape index (κ1) is 30.5. The standard InChI is InChI=1S/C37H30F2N4O3/c1-21(2)43-20-29(37(45)35(23(43)4)25-8-10-27(38)11-9-25)32(44)17-24-7-12-33(30(39)16-24)46-34-13-15-41-31-18-28(22(3)42-36(31)34)26-6-5-14-40-19-26/h5-16,18-21H,17H2,1-4H3. The molecule has 6 rings (SSSR count). The van der Waals surface area contributed by atoms with E-state index < -0.39 is 22.8 Å². The van der Waals surface area contributed by atoms with Crippen molar-refractivity contribution in [2.24, 2.45) is 0 Å². The van der Waals surface area contributed by atoms with Gasteiger partial charge in [0.2, 0.25) is 0 Å². The molecule has 0 saturated carbocycles. The van der Waals surface area contributed by atoms with E-state index in [4.69, 9.17) is 9.72 Å². The number of Topliss-reactive ketones (excluding diaryl/α,β-unsaturated/α-hetero) is 1. The topological polar surface area (TPSA) is 87.0 Å². The number of aryl methyl sites for hydroxylation is 1. The summed E-state index contributed by atoms with van der Waals surface area (Å²) in [6, 6.07) is 17.1. The monoisotopic (exact) mass is 616 g/mol. The lowest BCUT2D eigenvalue weighted by Gasteiger charge is -2.20. The van der Waals surface area contributed by atoms with Gasteiger partial charge in [0.05, 0.1) is 11.1 Å². The molecule has 0 atom stereocenters. The minimum absolute atomic E-state index is 0.0188. The number of fused-ring (bicyclic) bond motifs is 1. The average Bonchev–Trinajstić information content (AvgIpc) is 3.03. The Labute approximate surface area is 264 Å². The quantitative estimate of drug-likeness (QED) is 0.160. The zero-order valence-electron chi connectivity index (χ0n) is 25.7. The number of aromatic nitrogens is 4. The molecule has 6 aromatic rings. The van der Waals surface area contributed by atoms with Crippen LogP contribution >= 0.6 is 0 Å². The number of benzene rings is 2. The van der Waals surface area contributed by atoms with E-state index in [0.29, 0.717) is 39.2 Å². The molecule has 0 bridgehead atoms. The van der Waals surface area contributed by atoms with Crippen molar-refractivity contribution in [2.75, 3.05) is 0 Å². The largest absolute Gasteiger partial charge is 0.452 e. The lowest BCUT2D eigenvalue weighted by atomic mass is 9.97. The van der Waals surface area contributed by atoms with Gasteiger partial charge in [-0.2, -0.15) is 0 Å². The number of ether oxygens (including phenoxy) is 1. The molecule has 230 valence electrons. The fourth-order valence-electron chi connectivity index (χ4n) is 5.59. The highest BCUT2D eigenvalue weighted by Gasteiger charge is 2.21. The third-order valence-electron chi connectivity index (χ3n) is 7.90. The predicted octanol–water partition coefficient (Wildman–Crippen LogP) is 8.21. The lowest BCUT2D eigenvalue weighted by molar-refractivity contribution is 0.0991. The molecule has 0 aliphatic carbocycles. The molecule has 0 aliphatic rings. The number of pyridine rings is 4. The van der Waals surface area contributed by atoms with Crippen LogP contribution in [-0.4, -0.2) is 25.3 Å². The van der Waals surface area contributed by atoms with Crippen molar-refractivity contribution >= 4 is 16.8 Å². The second-order valence-electron chi connectivity index (χ2n) is 11.3. The Morgan fingerprint density at radius 1 is 0.935 bits per heavy atom. The first-order valence-corrected chi connectivity index (χ1v) is 14.8. The van der Waals surface area contributed by atoms with Crippen molar-refractivity contribution in [2.45, 2.75) is 40.2 Å². The third kappa shape index (κ3) is 5.91. The summed E-state index contributed by atoms with van der Waals surface area (Å²) >= 11 is 0. The Kier molecular flexibility index (Phi) is 8.23. The number of halogens is 2. The number of carbonyl (C=O) groups excluding carboxylic acids is 1. The zero-order chi connectivity index (χ0) is 32.5. The van der Waals surface area contributed by atoms with E-state index in [2.05, 4.69) is 9.97 Å². The fraction of sp³-hybridized carbons (Fsp3) is 0.162. The number of rotatable bonds is 8. The van der Waals surface area contributed by atoms with Crippen molar-refractivity contribution in [3.63, 3.8) is 0 Å². The minimum Gasteiger partial charge on any atom is -0.452 e. The normalized spacial score (nSPS) is 11.3. The van der Waals surface area contributed by atoms with Crippen LogP contribution in [0.2, 0.25) is 0 Å². The molecule has 0 aliphatic heterocycles. The van der Waals surface area contributed by atoms with Crippen LogP contribution in [0.5, 0.6) is 11.5 Å². The summed E-state index contributed by atoms with van der Waals surface area (Å²) in [4.78, 5) is 40.4. The lowest BCUT2D eigenvalue weighted by Crippen LogP contribution is -2.24. The molecule has 0 N–H and O–H groups in total. The second kappa shape index (κ2) is 12.4. The van der Waals surface area contributed by atoms with Gasteiger partial charge in [-0.1, -0.05) is 24.3 Å². The summed E-state index contributed by atoms with van der Waals surface area (Å²) in [5.74, 6) is -1.27. The van der Waals surface area contributed by atoms with Crippen LogP contribution in [-0.2, 0) is 6.42 Å². The smallest absolute Gasteiger partial charge is 0.200 e. The van der Waals surface area contributed by atoms with Crippen molar-refractivity contribution in [1.82, 2.24) is 19.5 Å². The molecule has 46 heavy (non-hydrogen) atoms. The van der Waals surface area contributed by atoms with Crippen molar-refractivity contribution in [1.29, 1.82) is 0 Å². The Bertz CT molecular complexity index is 2160. The highest BCUT2D eigenvalue weighted by atomic mass is 19.1. The molecule has 0 radical (unpaired) electrons. The number of ketones is 1. The van der Waals surface area contributed by atoms with Crippen LogP contribution < -0.4 is 10.2 Å². The molecular weight excluding hydrogens is 586 g/mol. The van der Waals surface area contributed by atoms with Crippen LogP contribution in [0.25, 0.3) is 33.3 Å². The van der Waals surface area contributed by atoms with Gasteiger partial charge in [-0.25, -0.2) is 13.8 Å². The summed E-state index contributed by atoms with van der Waals surface area (Å²) < 4.78 is 36.8. The number of nitrogens with zero attached hydrogens (tertiary/aromatic N) is 4. The summed E-state index contributed by atoms with van der Waals surface area (Å²) in [5, 5.41) is 0. The fourth-order valence-corrected chi connectivity index (χ4v) is 5.59. The maximum absolute atomic E-state index is 15.4. The van der Waals surface area contributed by atoms with Gasteiger partial charge in [-0.15, -0.1) is 0 Å². The van der Waals surface area contributed by atoms with Gasteiger partial charge in [0.15, 0.2) is 28.5 Å². The molecule has 0 fully saturated rings. The summed E-state index contributed by atoms with van der Waals surface area (Å²) in [6.45, 7) is 7.55. The van der Waals surface area contributed by atoms with Crippen molar-refractivity contribution in [3.8, 4) is 33.8 Å². The first-order chi connectivity index (χ1) is 22.1. The van der Waals surface area contributed by atoms with E-state index in [1.807, 2.05) is 43.5 Å². The maximum atomic E-state index is 15.4. The Balaban J connectivity index is 1.28. The van der Waals surface area contributed by atoms with Gasteiger partial charge >= 0.3 is 0 Å². The minimum atomic E-state index is -0.672. The van der Waals surface area contributed by atoms with E-state index in [0.717, 1.165) is 16.8 Å². The first-order valence-electron chi connectivity index (χ1n) is 14.8. The Morgan fingerprint density at radius 3 is 2.41 bits per heavy atom. The zero-order valence-corrected chi connectivity index (χ0v) is 25.7. The number of carbonyl (C=O) groups is 1. The Morgan fingerprint density at radius 2 is 1.72 bits per heavy atom. The predicted molar refractivity (Wildman–Crippen MR) is 173 cm³/mol. The molecule has 0 saturated heterocycles. The number of hydrogen-bond donors (Lipinski definition) is 0. The average molecular weight is 617 g/mol. The summed E-state index contributed by atoms with van der Waals surface area (Å²) in [5.41, 5.74) is 4.99. The van der Waals surface area contributed by atoms with Crippen LogP contribution in [0.1, 0.15) is 47.2 Å². The molecule has 7 nitrogen and oxygen atoms in total. The molecular formula is C37H30F2N4O3.